The normalized spacial score (nSPS) is 14.1. The number of nitrogens with one attached hydrogen (secondary N) is 1. The van der Waals surface area contributed by atoms with Crippen LogP contribution in [0.15, 0.2) is 18.6 Å². The number of carbonyl (C=O) groups is 1. The standard InChI is InChI=1S/C16H15F3N8O2/c1-26(15(28)29-2)14-20-6-5-9(23-14)27-7-21-10-11(22-8-3-4-8)24-13(16(17,18)19)25-12(10)27/h5-8H,3-4H2,1-2H3,(H,22,24,25). The Morgan fingerprint density at radius 2 is 2.03 bits per heavy atom. The quantitative estimate of drug-likeness (QED) is 0.701. The molecule has 10 nitrogen and oxygen atoms in total. The zero-order valence-corrected chi connectivity index (χ0v) is 15.3. The molecule has 13 heteroatoms. The first kappa shape index (κ1) is 18.8. The molecule has 1 saturated carbocycles. The van der Waals surface area contributed by atoms with E-state index in [4.69, 9.17) is 0 Å². The predicted molar refractivity (Wildman–Crippen MR) is 94.7 cm³/mol. The van der Waals surface area contributed by atoms with Crippen molar-refractivity contribution in [3.63, 3.8) is 0 Å². The van der Waals surface area contributed by atoms with Gasteiger partial charge >= 0.3 is 12.3 Å². The molecule has 1 aliphatic rings. The number of ether oxygens (including phenoxy) is 1. The Kier molecular flexibility index (Phi) is 4.43. The molecule has 3 aromatic heterocycles. The minimum atomic E-state index is -4.73. The molecule has 0 atom stereocenters. The van der Waals surface area contributed by atoms with Crippen molar-refractivity contribution >= 4 is 29.0 Å². The van der Waals surface area contributed by atoms with Gasteiger partial charge in [0.05, 0.1) is 7.11 Å². The zero-order valence-electron chi connectivity index (χ0n) is 15.3. The summed E-state index contributed by atoms with van der Waals surface area (Å²) in [6.45, 7) is 0. The molecule has 1 aliphatic carbocycles. The zero-order chi connectivity index (χ0) is 20.8. The highest BCUT2D eigenvalue weighted by Gasteiger charge is 2.37. The van der Waals surface area contributed by atoms with Crippen molar-refractivity contribution in [2.24, 2.45) is 0 Å². The number of rotatable bonds is 4. The minimum Gasteiger partial charge on any atom is -0.452 e. The summed E-state index contributed by atoms with van der Waals surface area (Å²) in [4.78, 5) is 32.4. The minimum absolute atomic E-state index is 0.00219. The third-order valence-corrected chi connectivity index (χ3v) is 4.19. The Bertz CT molecular complexity index is 1080. The molecule has 29 heavy (non-hydrogen) atoms. The lowest BCUT2D eigenvalue weighted by Crippen LogP contribution is -2.28. The van der Waals surface area contributed by atoms with Gasteiger partial charge in [-0.15, -0.1) is 0 Å². The lowest BCUT2D eigenvalue weighted by atomic mass is 10.4. The number of hydrogen-bond acceptors (Lipinski definition) is 8. The summed E-state index contributed by atoms with van der Waals surface area (Å²) in [5.41, 5.74) is 0.118. The molecule has 1 N–H and O–H groups in total. The van der Waals surface area contributed by atoms with Gasteiger partial charge in [-0.05, 0) is 18.9 Å². The molecule has 1 amide bonds. The molecule has 0 radical (unpaired) electrons. The van der Waals surface area contributed by atoms with E-state index in [-0.39, 0.29) is 34.8 Å². The highest BCUT2D eigenvalue weighted by molar-refractivity contribution is 5.85. The van der Waals surface area contributed by atoms with Crippen LogP contribution in [0.25, 0.3) is 17.0 Å². The van der Waals surface area contributed by atoms with Gasteiger partial charge in [-0.3, -0.25) is 4.57 Å². The van der Waals surface area contributed by atoms with Crippen molar-refractivity contribution < 1.29 is 22.7 Å². The Morgan fingerprint density at radius 3 is 2.69 bits per heavy atom. The van der Waals surface area contributed by atoms with Gasteiger partial charge in [-0.2, -0.15) is 18.2 Å². The first-order chi connectivity index (χ1) is 13.8. The van der Waals surface area contributed by atoms with E-state index in [2.05, 4.69) is 35.0 Å². The number of hydrogen-bond donors (Lipinski definition) is 1. The van der Waals surface area contributed by atoms with E-state index >= 15 is 0 Å². The second-order valence-corrected chi connectivity index (χ2v) is 6.34. The van der Waals surface area contributed by atoms with E-state index in [1.807, 2.05) is 0 Å². The summed E-state index contributed by atoms with van der Waals surface area (Å²) >= 11 is 0. The molecule has 0 spiro atoms. The number of imidazole rings is 1. The van der Waals surface area contributed by atoms with Gasteiger partial charge in [0.1, 0.15) is 12.1 Å². The summed E-state index contributed by atoms with van der Waals surface area (Å²) in [5, 5.41) is 2.96. The van der Waals surface area contributed by atoms with Gasteiger partial charge in [0.2, 0.25) is 11.8 Å². The van der Waals surface area contributed by atoms with E-state index < -0.39 is 18.1 Å². The van der Waals surface area contributed by atoms with Crippen LogP contribution >= 0.6 is 0 Å². The molecule has 3 aromatic rings. The van der Waals surface area contributed by atoms with E-state index in [1.165, 1.54) is 37.3 Å². The number of amides is 1. The van der Waals surface area contributed by atoms with Gasteiger partial charge in [-0.1, -0.05) is 0 Å². The van der Waals surface area contributed by atoms with Crippen molar-refractivity contribution in [3.8, 4) is 5.82 Å². The molecule has 0 aromatic carbocycles. The van der Waals surface area contributed by atoms with Crippen LogP contribution in [0.3, 0.4) is 0 Å². The highest BCUT2D eigenvalue weighted by Crippen LogP contribution is 2.33. The van der Waals surface area contributed by atoms with E-state index in [0.29, 0.717) is 0 Å². The summed E-state index contributed by atoms with van der Waals surface area (Å²) in [6.07, 6.45) is -1.08. The van der Waals surface area contributed by atoms with E-state index in [9.17, 15) is 18.0 Å². The molecule has 152 valence electrons. The van der Waals surface area contributed by atoms with Crippen molar-refractivity contribution in [1.29, 1.82) is 0 Å². The number of halogens is 3. The maximum Gasteiger partial charge on any atom is 0.451 e. The van der Waals surface area contributed by atoms with Gasteiger partial charge in [0.15, 0.2) is 17.0 Å². The third-order valence-electron chi connectivity index (χ3n) is 4.19. The smallest absolute Gasteiger partial charge is 0.451 e. The van der Waals surface area contributed by atoms with Crippen LogP contribution in [0.5, 0.6) is 0 Å². The second-order valence-electron chi connectivity index (χ2n) is 6.34. The van der Waals surface area contributed by atoms with E-state index in [0.717, 1.165) is 17.7 Å². The topological polar surface area (TPSA) is 111 Å². The molecule has 0 saturated heterocycles. The average Bonchev–Trinajstić information content (AvgIpc) is 3.41. The fourth-order valence-corrected chi connectivity index (χ4v) is 2.57. The molecule has 0 bridgehead atoms. The van der Waals surface area contributed by atoms with Crippen LogP contribution in [0, 0.1) is 0 Å². The first-order valence-electron chi connectivity index (χ1n) is 8.52. The lowest BCUT2D eigenvalue weighted by Gasteiger charge is -2.14. The van der Waals surface area contributed by atoms with Gasteiger partial charge in [-0.25, -0.2) is 29.6 Å². The number of alkyl halides is 3. The average molecular weight is 408 g/mol. The van der Waals surface area contributed by atoms with E-state index in [1.54, 1.807) is 0 Å². The predicted octanol–water partition coefficient (Wildman–Crippen LogP) is 2.40. The van der Waals surface area contributed by atoms with Crippen LogP contribution in [-0.2, 0) is 10.9 Å². The van der Waals surface area contributed by atoms with Crippen molar-refractivity contribution in [3.05, 3.63) is 24.4 Å². The van der Waals surface area contributed by atoms with Gasteiger partial charge in [0.25, 0.3) is 0 Å². The Hall–Kier alpha value is -3.51. The Morgan fingerprint density at radius 1 is 1.28 bits per heavy atom. The molecule has 0 aliphatic heterocycles. The summed E-state index contributed by atoms with van der Waals surface area (Å²) in [7, 11) is 2.61. The highest BCUT2D eigenvalue weighted by atomic mass is 19.4. The largest absolute Gasteiger partial charge is 0.452 e. The van der Waals surface area contributed by atoms with Crippen LogP contribution in [0.1, 0.15) is 18.7 Å². The summed E-state index contributed by atoms with van der Waals surface area (Å²) in [6, 6.07) is 1.53. The van der Waals surface area contributed by atoms with Gasteiger partial charge < -0.3 is 10.1 Å². The number of methoxy groups -OCH3 is 1. The fraction of sp³-hybridized carbons (Fsp3) is 0.375. The maximum absolute atomic E-state index is 13.3. The number of fused-ring (bicyclic) bond motifs is 1. The number of carbonyl (C=O) groups excluding carboxylic acids is 1. The molecule has 4 rings (SSSR count). The third kappa shape index (κ3) is 3.62. The number of nitrogens with zero attached hydrogens (tertiary/aromatic N) is 7. The molecule has 3 heterocycles. The Labute approximate surface area is 161 Å². The van der Waals surface area contributed by atoms with Crippen LogP contribution < -0.4 is 10.2 Å². The lowest BCUT2D eigenvalue weighted by molar-refractivity contribution is -0.144. The van der Waals surface area contributed by atoms with Crippen LogP contribution in [0.4, 0.5) is 29.7 Å². The summed E-state index contributed by atoms with van der Waals surface area (Å²) < 4.78 is 45.9. The van der Waals surface area contributed by atoms with Crippen LogP contribution in [0.2, 0.25) is 0 Å². The SMILES string of the molecule is COC(=O)N(C)c1nccc(-n2cnc3c(NC4CC4)nc(C(F)(F)F)nc32)n1. The van der Waals surface area contributed by atoms with Crippen molar-refractivity contribution in [1.82, 2.24) is 29.5 Å². The first-order valence-corrected chi connectivity index (χ1v) is 8.52. The second kappa shape index (κ2) is 6.83. The monoisotopic (exact) mass is 408 g/mol. The molecular formula is C16H15F3N8O2. The van der Waals surface area contributed by atoms with Crippen LogP contribution in [-0.4, -0.2) is 55.8 Å². The summed E-state index contributed by atoms with van der Waals surface area (Å²) in [5.74, 6) is -1.09. The Balaban J connectivity index is 1.83. The maximum atomic E-state index is 13.3. The van der Waals surface area contributed by atoms with Gasteiger partial charge in [0, 0.05) is 19.3 Å². The molecule has 1 fully saturated rings. The van der Waals surface area contributed by atoms with Crippen molar-refractivity contribution in [2.45, 2.75) is 25.1 Å². The van der Waals surface area contributed by atoms with Crippen molar-refractivity contribution in [2.75, 3.05) is 24.4 Å². The fourth-order valence-electron chi connectivity index (χ4n) is 2.57. The number of anilines is 2. The number of aromatic nitrogens is 6. The molecule has 0 unspecified atom stereocenters. The molecular weight excluding hydrogens is 393 g/mol.